The van der Waals surface area contributed by atoms with Crippen LogP contribution in [-0.4, -0.2) is 35.6 Å². The minimum Gasteiger partial charge on any atom is -0.478 e. The molecule has 0 fully saturated rings. The Kier molecular flexibility index (Phi) is 4.56. The summed E-state index contributed by atoms with van der Waals surface area (Å²) in [6.45, 7) is 9.14. The second-order valence-electron chi connectivity index (χ2n) is 5.97. The fourth-order valence-corrected chi connectivity index (χ4v) is 3.32. The maximum absolute atomic E-state index is 12.1. The van der Waals surface area contributed by atoms with Crippen molar-refractivity contribution in [2.45, 2.75) is 46.3 Å². The number of rotatable bonds is 2. The number of amides is 1. The van der Waals surface area contributed by atoms with Gasteiger partial charge in [0.1, 0.15) is 5.60 Å². The predicted molar refractivity (Wildman–Crippen MR) is 83.1 cm³/mol. The highest BCUT2D eigenvalue weighted by molar-refractivity contribution is 7.10. The summed E-state index contributed by atoms with van der Waals surface area (Å²) in [6, 6.07) is 0. The van der Waals surface area contributed by atoms with Crippen molar-refractivity contribution in [3.8, 4) is 0 Å². The number of thiophene rings is 1. The zero-order valence-corrected chi connectivity index (χ0v) is 13.8. The number of nitrogens with one attached hydrogen (secondary N) is 1. The Bertz CT molecular complexity index is 546. The predicted octanol–water partition coefficient (Wildman–Crippen LogP) is 3.40. The molecule has 21 heavy (non-hydrogen) atoms. The zero-order valence-electron chi connectivity index (χ0n) is 13.0. The molecule has 0 bridgehead atoms. The first kappa shape index (κ1) is 15.8. The molecule has 1 aromatic heterocycles. The van der Waals surface area contributed by atoms with E-state index in [2.05, 4.69) is 0 Å². The van der Waals surface area contributed by atoms with Crippen molar-refractivity contribution in [1.82, 2.24) is 4.90 Å². The minimum absolute atomic E-state index is 0.223. The van der Waals surface area contributed by atoms with Crippen molar-refractivity contribution in [3.05, 3.63) is 21.4 Å². The molecule has 116 valence electrons. The largest absolute Gasteiger partial charge is 0.478 e. The van der Waals surface area contributed by atoms with Crippen molar-refractivity contribution in [2.75, 3.05) is 13.2 Å². The van der Waals surface area contributed by atoms with Crippen molar-refractivity contribution >= 4 is 23.3 Å². The van der Waals surface area contributed by atoms with E-state index >= 15 is 0 Å². The van der Waals surface area contributed by atoms with E-state index in [0.29, 0.717) is 19.7 Å². The fourth-order valence-electron chi connectivity index (χ4n) is 2.22. The van der Waals surface area contributed by atoms with Gasteiger partial charge < -0.3 is 14.4 Å². The molecule has 1 aromatic rings. The van der Waals surface area contributed by atoms with Crippen molar-refractivity contribution in [3.63, 3.8) is 0 Å². The summed E-state index contributed by atoms with van der Waals surface area (Å²) in [5, 5.41) is 9.86. The molecular weight excluding hydrogens is 288 g/mol. The maximum Gasteiger partial charge on any atom is 0.410 e. The first-order valence-corrected chi connectivity index (χ1v) is 7.98. The van der Waals surface area contributed by atoms with Gasteiger partial charge in [-0.25, -0.2) is 4.79 Å². The quantitative estimate of drug-likeness (QED) is 0.672. The molecule has 1 amide bonds. The van der Waals surface area contributed by atoms with Crippen molar-refractivity contribution < 1.29 is 14.3 Å². The van der Waals surface area contributed by atoms with Gasteiger partial charge in [-0.3, -0.25) is 5.41 Å². The van der Waals surface area contributed by atoms with Gasteiger partial charge in [-0.1, -0.05) is 0 Å². The summed E-state index contributed by atoms with van der Waals surface area (Å²) in [7, 11) is 0. The highest BCUT2D eigenvalue weighted by Gasteiger charge is 2.28. The van der Waals surface area contributed by atoms with Crippen molar-refractivity contribution in [2.24, 2.45) is 0 Å². The number of carbonyl (C=O) groups excluding carboxylic acids is 1. The van der Waals surface area contributed by atoms with Crippen LogP contribution in [0.5, 0.6) is 0 Å². The Morgan fingerprint density at radius 1 is 1.48 bits per heavy atom. The van der Waals surface area contributed by atoms with E-state index in [9.17, 15) is 4.79 Å². The normalized spacial score (nSPS) is 14.6. The number of carbonyl (C=O) groups is 1. The van der Waals surface area contributed by atoms with Gasteiger partial charge in [0.2, 0.25) is 5.90 Å². The molecule has 0 aromatic carbocycles. The maximum atomic E-state index is 12.1. The summed E-state index contributed by atoms with van der Waals surface area (Å²) in [6.07, 6.45) is 0.464. The molecule has 0 aliphatic carbocycles. The molecule has 0 saturated heterocycles. The van der Waals surface area contributed by atoms with Crippen LogP contribution >= 0.6 is 11.3 Å². The van der Waals surface area contributed by atoms with Crippen LogP contribution in [0.25, 0.3) is 0 Å². The molecule has 6 heteroatoms. The van der Waals surface area contributed by atoms with Crippen LogP contribution in [0, 0.1) is 5.41 Å². The van der Waals surface area contributed by atoms with Crippen LogP contribution in [0.3, 0.4) is 0 Å². The molecule has 5 nitrogen and oxygen atoms in total. The Morgan fingerprint density at radius 2 is 2.19 bits per heavy atom. The van der Waals surface area contributed by atoms with E-state index in [0.717, 1.165) is 22.4 Å². The van der Waals surface area contributed by atoms with Gasteiger partial charge >= 0.3 is 6.09 Å². The summed E-state index contributed by atoms with van der Waals surface area (Å²) in [5.41, 5.74) is 1.52. The lowest BCUT2D eigenvalue weighted by Crippen LogP contribution is -2.39. The molecule has 0 unspecified atom stereocenters. The van der Waals surface area contributed by atoms with E-state index in [1.54, 1.807) is 16.2 Å². The van der Waals surface area contributed by atoms with E-state index in [1.165, 1.54) is 0 Å². The van der Waals surface area contributed by atoms with Crippen LogP contribution in [-0.2, 0) is 22.4 Å². The van der Waals surface area contributed by atoms with Crippen LogP contribution in [0.4, 0.5) is 4.79 Å². The fraction of sp³-hybridized carbons (Fsp3) is 0.600. The number of hydrogen-bond acceptors (Lipinski definition) is 5. The van der Waals surface area contributed by atoms with Crippen LogP contribution in [0.2, 0.25) is 0 Å². The van der Waals surface area contributed by atoms with E-state index < -0.39 is 5.60 Å². The molecule has 0 saturated carbocycles. The zero-order chi connectivity index (χ0) is 15.6. The van der Waals surface area contributed by atoms with Crippen LogP contribution < -0.4 is 0 Å². The molecule has 2 rings (SSSR count). The standard InChI is InChI=1S/C15H22N2O3S/c1-5-19-13(16)11-9-21-12-8-17(7-6-10(11)12)14(18)20-15(2,3)4/h9,16H,5-8H2,1-4H3. The smallest absolute Gasteiger partial charge is 0.410 e. The first-order chi connectivity index (χ1) is 9.81. The Labute approximate surface area is 129 Å². The number of ether oxygens (including phenoxy) is 2. The summed E-state index contributed by atoms with van der Waals surface area (Å²) < 4.78 is 10.7. The lowest BCUT2D eigenvalue weighted by atomic mass is 10.0. The monoisotopic (exact) mass is 310 g/mol. The van der Waals surface area contributed by atoms with E-state index in [4.69, 9.17) is 14.9 Å². The third kappa shape index (κ3) is 3.75. The average molecular weight is 310 g/mol. The van der Waals surface area contributed by atoms with Gasteiger partial charge in [0.25, 0.3) is 0 Å². The molecule has 1 aliphatic rings. The van der Waals surface area contributed by atoms with Gasteiger partial charge in [0, 0.05) is 16.8 Å². The number of fused-ring (bicyclic) bond motifs is 1. The van der Waals surface area contributed by atoms with Gasteiger partial charge in [-0.05, 0) is 39.7 Å². The van der Waals surface area contributed by atoms with Crippen molar-refractivity contribution in [1.29, 1.82) is 5.41 Å². The van der Waals surface area contributed by atoms with Gasteiger partial charge in [0.15, 0.2) is 0 Å². The highest BCUT2D eigenvalue weighted by atomic mass is 32.1. The summed E-state index contributed by atoms with van der Waals surface area (Å²) in [5.74, 6) is 0.223. The van der Waals surface area contributed by atoms with Gasteiger partial charge in [0.05, 0.1) is 18.7 Å². The third-order valence-electron chi connectivity index (χ3n) is 3.13. The molecule has 1 N–H and O–H groups in total. The lowest BCUT2D eigenvalue weighted by molar-refractivity contribution is 0.0226. The Morgan fingerprint density at radius 3 is 2.81 bits per heavy atom. The number of nitrogens with zero attached hydrogens (tertiary/aromatic N) is 1. The Hall–Kier alpha value is -1.56. The van der Waals surface area contributed by atoms with Gasteiger partial charge in [-0.2, -0.15) is 0 Å². The number of hydrogen-bond donors (Lipinski definition) is 1. The second kappa shape index (κ2) is 6.05. The lowest BCUT2D eigenvalue weighted by Gasteiger charge is -2.30. The molecule has 0 spiro atoms. The molecule has 0 radical (unpaired) electrons. The van der Waals surface area contributed by atoms with Gasteiger partial charge in [-0.15, -0.1) is 11.3 Å². The molecule has 1 aliphatic heterocycles. The van der Waals surface area contributed by atoms with E-state index in [1.807, 2.05) is 33.1 Å². The Balaban J connectivity index is 2.09. The van der Waals surface area contributed by atoms with Crippen LogP contribution in [0.1, 0.15) is 43.7 Å². The highest BCUT2D eigenvalue weighted by Crippen LogP contribution is 2.30. The second-order valence-corrected chi connectivity index (χ2v) is 6.93. The molecule has 0 atom stereocenters. The molecular formula is C15H22N2O3S. The minimum atomic E-state index is -0.477. The summed E-state index contributed by atoms with van der Waals surface area (Å²) in [4.78, 5) is 14.9. The summed E-state index contributed by atoms with van der Waals surface area (Å²) >= 11 is 1.58. The first-order valence-electron chi connectivity index (χ1n) is 7.10. The topological polar surface area (TPSA) is 62.6 Å². The van der Waals surface area contributed by atoms with Crippen LogP contribution in [0.15, 0.2) is 5.38 Å². The average Bonchev–Trinajstić information content (AvgIpc) is 2.79. The third-order valence-corrected chi connectivity index (χ3v) is 4.15. The SMILES string of the molecule is CCOC(=N)c1csc2c1CCN(C(=O)OC(C)(C)C)C2. The molecule has 2 heterocycles. The van der Waals surface area contributed by atoms with E-state index in [-0.39, 0.29) is 12.0 Å².